The maximum Gasteiger partial charge on any atom is 1.00 e. The SMILES string of the molecule is O=S(=O)([O-])c1cccc(Nc2nc(Cl)nc(Nc3ccc(S(=O)(=O)[O-])c(N=Nc4c(SOO[O-])cc5cc(Nc6nc(F)nc(N7CCOCC7)n6)ccc5c4O)c3)n2)c1.[Na+].[Na+].[Na+]. The van der Waals surface area contributed by atoms with Crippen molar-refractivity contribution >= 4 is 107 Å². The molecule has 63 heavy (non-hydrogen) atoms. The zero-order valence-electron chi connectivity index (χ0n) is 32.7. The summed E-state index contributed by atoms with van der Waals surface area (Å²) in [6.45, 7) is 1.72. The van der Waals surface area contributed by atoms with Gasteiger partial charge in [-0.25, -0.2) is 16.8 Å². The third-order valence-electron chi connectivity index (χ3n) is 8.08. The number of nitrogens with one attached hydrogen (secondary N) is 3. The van der Waals surface area contributed by atoms with Crippen LogP contribution in [0.4, 0.5) is 56.6 Å². The summed E-state index contributed by atoms with van der Waals surface area (Å²) in [5, 5.41) is 42.0. The van der Waals surface area contributed by atoms with E-state index in [-0.39, 0.29) is 145 Å². The summed E-state index contributed by atoms with van der Waals surface area (Å²) in [6.07, 6.45) is -1.02. The number of fused-ring (bicyclic) bond motifs is 1. The number of phenols is 1. The van der Waals surface area contributed by atoms with Crippen LogP contribution in [-0.2, 0) is 34.3 Å². The Morgan fingerprint density at radius 3 is 2.08 bits per heavy atom. The summed E-state index contributed by atoms with van der Waals surface area (Å²) in [7, 11) is -9.95. The van der Waals surface area contributed by atoms with Gasteiger partial charge in [-0.05, 0) is 77.7 Å². The Labute approximate surface area is 431 Å². The quantitative estimate of drug-likeness (QED) is 0.0199. The summed E-state index contributed by atoms with van der Waals surface area (Å²) in [4.78, 5) is 24.1. The van der Waals surface area contributed by atoms with Crippen molar-refractivity contribution < 1.29 is 143 Å². The van der Waals surface area contributed by atoms with E-state index in [0.717, 1.165) is 24.3 Å². The van der Waals surface area contributed by atoms with Crippen molar-refractivity contribution in [2.24, 2.45) is 10.2 Å². The van der Waals surface area contributed by atoms with E-state index >= 15 is 0 Å². The number of anilines is 7. The van der Waals surface area contributed by atoms with Crippen molar-refractivity contribution in [2.75, 3.05) is 47.2 Å². The maximum absolute atomic E-state index is 14.4. The Bertz CT molecular complexity index is 2880. The number of benzene rings is 4. The van der Waals surface area contributed by atoms with Crippen molar-refractivity contribution in [3.05, 3.63) is 78.1 Å². The molecule has 7 rings (SSSR count). The molecule has 4 N–H and O–H groups in total. The molecule has 0 aliphatic carbocycles. The van der Waals surface area contributed by atoms with E-state index in [1.54, 1.807) is 4.90 Å². The van der Waals surface area contributed by atoms with Gasteiger partial charge in [0.2, 0.25) is 29.1 Å². The third-order valence-corrected chi connectivity index (χ3v) is 10.6. The van der Waals surface area contributed by atoms with E-state index in [4.69, 9.17) is 16.3 Å². The molecule has 0 bridgehead atoms. The number of azo groups is 1. The third kappa shape index (κ3) is 13.8. The summed E-state index contributed by atoms with van der Waals surface area (Å²) in [5.41, 5.74) is -0.379. The van der Waals surface area contributed by atoms with Crippen LogP contribution >= 0.6 is 23.6 Å². The van der Waals surface area contributed by atoms with E-state index in [2.05, 4.69) is 65.5 Å². The maximum atomic E-state index is 14.4. The smallest absolute Gasteiger partial charge is 0.744 e. The Balaban J connectivity index is 0.00000290. The molecular weight excluding hydrogens is 948 g/mol. The van der Waals surface area contributed by atoms with E-state index in [1.807, 2.05) is 0 Å². The molecule has 6 aromatic rings. The topological polar surface area (TPSA) is 327 Å². The van der Waals surface area contributed by atoms with Gasteiger partial charge in [0.1, 0.15) is 31.6 Å². The Kier molecular flexibility index (Phi) is 19.2. The first-order valence-electron chi connectivity index (χ1n) is 16.6. The molecule has 0 unspecified atom stereocenters. The Morgan fingerprint density at radius 1 is 0.794 bits per heavy atom. The van der Waals surface area contributed by atoms with Gasteiger partial charge in [-0.1, -0.05) is 6.07 Å². The number of nitrogens with zero attached hydrogens (tertiary/aromatic N) is 9. The van der Waals surface area contributed by atoms with Crippen LogP contribution < -0.4 is 115 Å². The van der Waals surface area contributed by atoms with Gasteiger partial charge in [-0.2, -0.15) is 38.6 Å². The molecular formula is C32H23ClFN12Na3O11S3. The molecule has 3 heterocycles. The van der Waals surface area contributed by atoms with Crippen molar-refractivity contribution in [1.29, 1.82) is 0 Å². The monoisotopic (exact) mass is 970 g/mol. The summed E-state index contributed by atoms with van der Waals surface area (Å²) < 4.78 is 95.3. The Hall–Kier alpha value is -3.01. The number of ether oxygens (including phenoxy) is 1. The van der Waals surface area contributed by atoms with Gasteiger partial charge < -0.3 is 45.1 Å². The molecule has 1 aliphatic heterocycles. The fourth-order valence-corrected chi connectivity index (χ4v) is 7.27. The first-order valence-corrected chi connectivity index (χ1v) is 20.5. The van der Waals surface area contributed by atoms with Gasteiger partial charge in [0, 0.05) is 35.5 Å². The van der Waals surface area contributed by atoms with Crippen molar-refractivity contribution in [3.8, 4) is 5.75 Å². The second-order valence-corrected chi connectivity index (χ2v) is 15.8. The number of aromatic hydroxyl groups is 1. The van der Waals surface area contributed by atoms with E-state index < -0.39 is 47.5 Å². The standard InChI is InChI=1S/C32H26ClFN12O11S3.3Na/c33-27-38-29(35-17-2-1-3-20(14-17)59(49,50)51)42-30(39-27)37-19-5-7-24(60(52,53)54)22(15-19)44-45-25-23(58-57-56-48)13-16-12-18(4-6-21(16)26(25)47)36-31-40-28(34)41-32(43-31)46-8-10-55-11-9-46;;;/h1-7,12-15,47-48H,8-11H2,(H,49,50,51)(H,52,53,54)(H,36,40,41,43)(H2,35,37,38,39,42);;;/q;3*+1/p-3. The molecule has 0 spiro atoms. The minimum atomic E-state index is -5.18. The predicted octanol–water partition coefficient (Wildman–Crippen LogP) is -4.76. The number of aromatic nitrogens is 6. The van der Waals surface area contributed by atoms with Crippen LogP contribution in [0.3, 0.4) is 0 Å². The molecule has 23 nitrogen and oxygen atoms in total. The number of morpholine rings is 1. The van der Waals surface area contributed by atoms with Gasteiger partial charge in [0.25, 0.3) is 0 Å². The minimum Gasteiger partial charge on any atom is -0.744 e. The normalized spacial score (nSPS) is 12.9. The molecule has 31 heteroatoms. The van der Waals surface area contributed by atoms with Crippen LogP contribution in [0.15, 0.2) is 91.6 Å². The fourth-order valence-electron chi connectivity index (χ4n) is 5.51. The molecule has 2 aromatic heterocycles. The summed E-state index contributed by atoms with van der Waals surface area (Å²) in [5.74, 6) is -0.963. The number of hydrogen-bond acceptors (Lipinski definition) is 24. The minimum absolute atomic E-state index is 0. The summed E-state index contributed by atoms with van der Waals surface area (Å²) >= 11 is 6.39. The molecule has 0 atom stereocenters. The van der Waals surface area contributed by atoms with Crippen LogP contribution in [0.2, 0.25) is 5.28 Å². The average Bonchev–Trinajstić information content (AvgIpc) is 3.19. The van der Waals surface area contributed by atoms with Crippen LogP contribution in [-0.4, -0.2) is 87.3 Å². The largest absolute Gasteiger partial charge is 1.00 e. The van der Waals surface area contributed by atoms with Gasteiger partial charge in [0.15, 0.2) is 5.75 Å². The number of rotatable bonds is 14. The average molecular weight is 971 g/mol. The number of hydrogen-bond donors (Lipinski definition) is 4. The first kappa shape index (κ1) is 52.6. The van der Waals surface area contributed by atoms with Crippen molar-refractivity contribution in [1.82, 2.24) is 29.9 Å². The van der Waals surface area contributed by atoms with Crippen molar-refractivity contribution in [3.63, 3.8) is 0 Å². The zero-order chi connectivity index (χ0) is 42.6. The summed E-state index contributed by atoms with van der Waals surface area (Å²) in [6, 6.07) is 13.9. The number of phenolic OH excluding ortho intramolecular Hbond substituents is 1. The molecule has 4 aromatic carbocycles. The van der Waals surface area contributed by atoms with Gasteiger partial charge in [-0.15, -0.1) is 10.2 Å². The second-order valence-electron chi connectivity index (χ2n) is 12.0. The zero-order valence-corrected chi connectivity index (χ0v) is 41.9. The predicted molar refractivity (Wildman–Crippen MR) is 204 cm³/mol. The molecule has 1 aliphatic rings. The molecule has 0 radical (unpaired) electrons. The first-order chi connectivity index (χ1) is 28.6. The Morgan fingerprint density at radius 2 is 1.43 bits per heavy atom. The molecule has 312 valence electrons. The van der Waals surface area contributed by atoms with Gasteiger partial charge >= 0.3 is 94.8 Å². The van der Waals surface area contributed by atoms with Crippen LogP contribution in [0.5, 0.6) is 5.75 Å². The number of halogens is 2. The second kappa shape index (κ2) is 22.9. The van der Waals surface area contributed by atoms with Crippen LogP contribution in [0, 0.1) is 6.08 Å². The fraction of sp³-hybridized carbons (Fsp3) is 0.125. The molecule has 0 amide bonds. The van der Waals surface area contributed by atoms with E-state index in [1.165, 1.54) is 42.5 Å². The molecule has 0 saturated carbocycles. The van der Waals surface area contributed by atoms with Crippen LogP contribution in [0.25, 0.3) is 10.8 Å². The van der Waals surface area contributed by atoms with E-state index in [9.17, 15) is 40.7 Å². The van der Waals surface area contributed by atoms with Gasteiger partial charge in [-0.3, -0.25) is 5.04 Å². The van der Waals surface area contributed by atoms with Crippen molar-refractivity contribution in [2.45, 2.75) is 14.7 Å². The van der Waals surface area contributed by atoms with E-state index in [0.29, 0.717) is 49.4 Å². The molecule has 1 fully saturated rings. The van der Waals surface area contributed by atoms with Crippen LogP contribution in [0.1, 0.15) is 0 Å². The molecule has 1 saturated heterocycles. The van der Waals surface area contributed by atoms with Gasteiger partial charge in [0.05, 0.1) is 39.9 Å².